The molecule has 0 unspecified atom stereocenters. The third kappa shape index (κ3) is 3.33. The minimum atomic E-state index is -0.647. The van der Waals surface area contributed by atoms with Gasteiger partial charge in [-0.15, -0.1) is 0 Å². The zero-order chi connectivity index (χ0) is 18.3. The van der Waals surface area contributed by atoms with Crippen molar-refractivity contribution < 1.29 is 18.8 Å². The summed E-state index contributed by atoms with van der Waals surface area (Å²) in [5.74, 6) is -2.57. The van der Waals surface area contributed by atoms with Crippen molar-refractivity contribution >= 4 is 58.2 Å². The van der Waals surface area contributed by atoms with E-state index < -0.39 is 30.1 Å². The second-order valence-corrected chi connectivity index (χ2v) is 6.41. The van der Waals surface area contributed by atoms with Gasteiger partial charge < -0.3 is 5.32 Å². The van der Waals surface area contributed by atoms with Crippen LogP contribution in [0.5, 0.6) is 0 Å². The normalized spacial score (nSPS) is 13.2. The largest absolute Gasteiger partial charge is 0.324 e. The average Bonchev–Trinajstić information content (AvgIpc) is 2.76. The van der Waals surface area contributed by atoms with Crippen LogP contribution in [0.1, 0.15) is 20.7 Å². The van der Waals surface area contributed by atoms with Crippen LogP contribution in [0.15, 0.2) is 30.3 Å². The predicted octanol–water partition coefficient (Wildman–Crippen LogP) is 4.02. The Morgan fingerprint density at radius 3 is 2.04 bits per heavy atom. The molecule has 1 aliphatic rings. The second kappa shape index (κ2) is 6.63. The zero-order valence-corrected chi connectivity index (χ0v) is 14.5. The van der Waals surface area contributed by atoms with E-state index in [9.17, 15) is 18.8 Å². The van der Waals surface area contributed by atoms with Crippen molar-refractivity contribution in [1.82, 2.24) is 4.90 Å². The first-order chi connectivity index (χ1) is 11.8. The number of nitrogens with zero attached hydrogens (tertiary/aromatic N) is 1. The number of carbonyl (C=O) groups excluding carboxylic acids is 3. The number of carbonyl (C=O) groups is 3. The van der Waals surface area contributed by atoms with E-state index in [2.05, 4.69) is 5.32 Å². The summed E-state index contributed by atoms with van der Waals surface area (Å²) < 4.78 is 13.1. The van der Waals surface area contributed by atoms with Gasteiger partial charge in [0, 0.05) is 5.69 Å². The third-order valence-electron chi connectivity index (χ3n) is 3.52. The molecule has 2 aromatic carbocycles. The van der Waals surface area contributed by atoms with E-state index in [1.807, 2.05) is 0 Å². The van der Waals surface area contributed by atoms with Crippen LogP contribution in [0.4, 0.5) is 10.1 Å². The number of hydrogen-bond acceptors (Lipinski definition) is 3. The number of amides is 3. The van der Waals surface area contributed by atoms with Crippen LogP contribution in [-0.4, -0.2) is 29.2 Å². The van der Waals surface area contributed by atoms with E-state index in [0.717, 1.165) is 11.0 Å². The van der Waals surface area contributed by atoms with E-state index in [4.69, 9.17) is 34.8 Å². The first-order valence-electron chi connectivity index (χ1n) is 6.88. The molecule has 0 aliphatic carbocycles. The van der Waals surface area contributed by atoms with E-state index in [1.165, 1.54) is 24.3 Å². The predicted molar refractivity (Wildman–Crippen MR) is 91.9 cm³/mol. The van der Waals surface area contributed by atoms with Crippen molar-refractivity contribution in [3.8, 4) is 0 Å². The Bertz CT molecular complexity index is 892. The maximum absolute atomic E-state index is 13.1. The van der Waals surface area contributed by atoms with Crippen LogP contribution >= 0.6 is 34.8 Å². The van der Waals surface area contributed by atoms with E-state index in [0.29, 0.717) is 0 Å². The van der Waals surface area contributed by atoms with Crippen LogP contribution < -0.4 is 5.32 Å². The molecule has 1 N–H and O–H groups in total. The van der Waals surface area contributed by atoms with Gasteiger partial charge in [-0.25, -0.2) is 4.39 Å². The van der Waals surface area contributed by atoms with Gasteiger partial charge in [0.1, 0.15) is 12.4 Å². The summed E-state index contributed by atoms with van der Waals surface area (Å²) in [4.78, 5) is 37.5. The highest BCUT2D eigenvalue weighted by atomic mass is 35.5. The molecule has 0 bridgehead atoms. The Kier molecular flexibility index (Phi) is 4.69. The molecule has 5 nitrogen and oxygen atoms in total. The van der Waals surface area contributed by atoms with E-state index in [1.54, 1.807) is 0 Å². The van der Waals surface area contributed by atoms with Crippen molar-refractivity contribution in [3.63, 3.8) is 0 Å². The van der Waals surface area contributed by atoms with Crippen LogP contribution in [0.2, 0.25) is 15.1 Å². The number of fused-ring (bicyclic) bond motifs is 1. The molecule has 1 heterocycles. The van der Waals surface area contributed by atoms with Gasteiger partial charge in [0.05, 0.1) is 26.2 Å². The highest BCUT2D eigenvalue weighted by molar-refractivity contribution is 6.43. The number of hydrogen-bond donors (Lipinski definition) is 1. The van der Waals surface area contributed by atoms with Gasteiger partial charge in [-0.05, 0) is 30.3 Å². The van der Waals surface area contributed by atoms with Gasteiger partial charge in [0.25, 0.3) is 11.8 Å². The second-order valence-electron chi connectivity index (χ2n) is 5.19. The van der Waals surface area contributed by atoms with Crippen LogP contribution in [0.3, 0.4) is 0 Å². The van der Waals surface area contributed by atoms with E-state index in [-0.39, 0.29) is 31.9 Å². The van der Waals surface area contributed by atoms with Gasteiger partial charge in [0.15, 0.2) is 0 Å². The summed E-state index contributed by atoms with van der Waals surface area (Å²) >= 11 is 17.3. The molecule has 3 amide bonds. The lowest BCUT2D eigenvalue weighted by molar-refractivity contribution is -0.116. The van der Waals surface area contributed by atoms with Crippen molar-refractivity contribution in [2.45, 2.75) is 0 Å². The van der Waals surface area contributed by atoms with Crippen LogP contribution in [-0.2, 0) is 4.79 Å². The Morgan fingerprint density at radius 2 is 1.52 bits per heavy atom. The molecule has 0 saturated heterocycles. The molecule has 0 aromatic heterocycles. The summed E-state index contributed by atoms with van der Waals surface area (Å²) in [6, 6.07) is 6.19. The van der Waals surface area contributed by atoms with Gasteiger partial charge in [-0.2, -0.15) is 0 Å². The monoisotopic (exact) mass is 400 g/mol. The fraction of sp³-hybridized carbons (Fsp3) is 0.0625. The highest BCUT2D eigenvalue weighted by Crippen LogP contribution is 2.31. The average molecular weight is 402 g/mol. The number of benzene rings is 2. The lowest BCUT2D eigenvalue weighted by atomic mass is 10.1. The van der Waals surface area contributed by atoms with E-state index >= 15 is 0 Å². The molecule has 0 fully saturated rings. The lowest BCUT2D eigenvalue weighted by Crippen LogP contribution is -2.37. The molecule has 25 heavy (non-hydrogen) atoms. The molecule has 3 rings (SSSR count). The topological polar surface area (TPSA) is 66.5 Å². The molecular weight excluding hydrogens is 394 g/mol. The summed E-state index contributed by atoms with van der Waals surface area (Å²) in [5, 5.41) is 2.54. The molecular formula is C16H8Cl3FN2O3. The molecule has 2 aromatic rings. The first kappa shape index (κ1) is 17.7. The SMILES string of the molecule is O=C(CN1C(=O)c2cc(Cl)c(Cl)cc2C1=O)Nc1ccc(F)c(Cl)c1. The summed E-state index contributed by atoms with van der Waals surface area (Å²) in [6.45, 7) is -0.517. The summed E-state index contributed by atoms with van der Waals surface area (Å²) in [6.07, 6.45) is 0. The minimum Gasteiger partial charge on any atom is -0.324 e. The molecule has 9 heteroatoms. The standard InChI is InChI=1S/C16H8Cl3FN2O3/c17-10-4-8-9(5-11(10)18)16(25)22(15(8)24)6-14(23)21-7-1-2-13(20)12(19)3-7/h1-5H,6H2,(H,21,23). The molecule has 0 saturated carbocycles. The van der Waals surface area contributed by atoms with Crippen LogP contribution in [0, 0.1) is 5.82 Å². The number of anilines is 1. The molecule has 0 spiro atoms. The van der Waals surface area contributed by atoms with Crippen molar-refractivity contribution in [1.29, 1.82) is 0 Å². The number of rotatable bonds is 3. The number of halogens is 4. The maximum Gasteiger partial charge on any atom is 0.262 e. The number of imide groups is 1. The molecule has 0 radical (unpaired) electrons. The van der Waals surface area contributed by atoms with Gasteiger partial charge >= 0.3 is 0 Å². The summed E-state index contributed by atoms with van der Waals surface area (Å²) in [7, 11) is 0. The Balaban J connectivity index is 1.77. The van der Waals surface area contributed by atoms with Crippen molar-refractivity contribution in [3.05, 3.63) is 62.3 Å². The van der Waals surface area contributed by atoms with Gasteiger partial charge in [0.2, 0.25) is 5.91 Å². The maximum atomic E-state index is 13.1. The minimum absolute atomic E-state index is 0.0806. The Morgan fingerprint density at radius 1 is 0.960 bits per heavy atom. The quantitative estimate of drug-likeness (QED) is 0.790. The first-order valence-corrected chi connectivity index (χ1v) is 8.01. The fourth-order valence-corrected chi connectivity index (χ4v) is 2.85. The number of nitrogens with one attached hydrogen (secondary N) is 1. The van der Waals surface area contributed by atoms with Crippen LogP contribution in [0.25, 0.3) is 0 Å². The van der Waals surface area contributed by atoms with Crippen molar-refractivity contribution in [2.24, 2.45) is 0 Å². The fourth-order valence-electron chi connectivity index (χ4n) is 2.35. The Labute approximate surface area is 156 Å². The van der Waals surface area contributed by atoms with Crippen molar-refractivity contribution in [2.75, 3.05) is 11.9 Å². The molecule has 0 atom stereocenters. The molecule has 128 valence electrons. The van der Waals surface area contributed by atoms with Gasteiger partial charge in [-0.3, -0.25) is 19.3 Å². The lowest BCUT2D eigenvalue weighted by Gasteiger charge is -2.13. The smallest absolute Gasteiger partial charge is 0.262 e. The zero-order valence-electron chi connectivity index (χ0n) is 12.3. The third-order valence-corrected chi connectivity index (χ3v) is 4.53. The highest BCUT2D eigenvalue weighted by Gasteiger charge is 2.37. The molecule has 1 aliphatic heterocycles. The summed E-state index contributed by atoms with van der Waals surface area (Å²) in [5.41, 5.74) is 0.396. The Hall–Kier alpha value is -2.15. The van der Waals surface area contributed by atoms with Gasteiger partial charge in [-0.1, -0.05) is 34.8 Å².